The molecule has 1 amide bonds. The number of amides is 1. The summed E-state index contributed by atoms with van der Waals surface area (Å²) in [6.07, 6.45) is 5.62. The van der Waals surface area contributed by atoms with Crippen LogP contribution in [0.1, 0.15) is 93.4 Å². The summed E-state index contributed by atoms with van der Waals surface area (Å²) < 4.78 is 12.3. The molecule has 2 rings (SSSR count). The van der Waals surface area contributed by atoms with Gasteiger partial charge in [-0.05, 0) is 77.4 Å². The molecule has 1 N–H and O–H groups in total. The lowest BCUT2D eigenvalue weighted by Crippen LogP contribution is -2.59. The molecule has 2 aliphatic rings. The highest BCUT2D eigenvalue weighted by Crippen LogP contribution is 2.71. The topological polar surface area (TPSA) is 64.6 Å². The average molecular weight is 454 g/mol. The van der Waals surface area contributed by atoms with Crippen LogP contribution < -0.4 is 5.32 Å². The second kappa shape index (κ2) is 8.81. The van der Waals surface area contributed by atoms with Crippen LogP contribution in [0.2, 0.25) is 19.6 Å². The third kappa shape index (κ3) is 5.37. The number of ketones is 1. The first-order valence-corrected chi connectivity index (χ1v) is 15.6. The van der Waals surface area contributed by atoms with E-state index in [2.05, 4.69) is 52.7 Å². The van der Waals surface area contributed by atoms with Crippen LogP contribution in [0, 0.1) is 16.7 Å². The van der Waals surface area contributed by atoms with Gasteiger partial charge in [-0.3, -0.25) is 4.79 Å². The zero-order valence-electron chi connectivity index (χ0n) is 21.7. The number of hydrogen-bond donors (Lipinski definition) is 1. The van der Waals surface area contributed by atoms with Crippen molar-refractivity contribution in [1.29, 1.82) is 0 Å². The summed E-state index contributed by atoms with van der Waals surface area (Å²) >= 11 is 0. The Bertz CT molecular complexity index is 678. The zero-order valence-corrected chi connectivity index (χ0v) is 22.7. The van der Waals surface area contributed by atoms with Crippen LogP contribution in [0.15, 0.2) is 0 Å². The third-order valence-corrected chi connectivity index (χ3v) is 8.81. The fraction of sp³-hybridized carbons (Fsp3) is 0.920. The SMILES string of the molecule is CCCC[C@H](CC(=O)[C@]1(O[Si](C)(C)C)C[C@H]2CC[C@]1(C)C2(C)C)NC(=O)OC(C)(C)C. The average Bonchev–Trinajstić information content (AvgIpc) is 2.88. The molecule has 0 aromatic heterocycles. The first-order valence-electron chi connectivity index (χ1n) is 12.2. The van der Waals surface area contributed by atoms with Crippen molar-refractivity contribution in [3.63, 3.8) is 0 Å². The van der Waals surface area contributed by atoms with Crippen LogP contribution in [-0.4, -0.2) is 37.4 Å². The highest BCUT2D eigenvalue weighted by Gasteiger charge is 2.72. The number of Topliss-reactive ketones (excluding diaryl/α,β-unsaturated/α-hetero) is 1. The molecule has 0 radical (unpaired) electrons. The van der Waals surface area contributed by atoms with Gasteiger partial charge < -0.3 is 14.5 Å². The lowest BCUT2D eigenvalue weighted by molar-refractivity contribution is -0.152. The number of carbonyl (C=O) groups excluding carboxylic acids is 2. The predicted octanol–water partition coefficient (Wildman–Crippen LogP) is 6.47. The number of alkyl carbamates (subject to hydrolysis) is 1. The first kappa shape index (κ1) is 26.4. The maximum atomic E-state index is 14.1. The number of unbranched alkanes of at least 4 members (excludes halogenated alkanes) is 1. The molecule has 5 nitrogen and oxygen atoms in total. The molecule has 4 atom stereocenters. The molecule has 6 heteroatoms. The van der Waals surface area contributed by atoms with Gasteiger partial charge in [0.2, 0.25) is 0 Å². The minimum absolute atomic E-state index is 0.0693. The van der Waals surface area contributed by atoms with Gasteiger partial charge in [-0.2, -0.15) is 0 Å². The van der Waals surface area contributed by atoms with Crippen molar-refractivity contribution in [3.05, 3.63) is 0 Å². The molecule has 0 heterocycles. The number of ether oxygens (including phenoxy) is 1. The van der Waals surface area contributed by atoms with Gasteiger partial charge in [0.05, 0.1) is 0 Å². The van der Waals surface area contributed by atoms with Crippen molar-refractivity contribution >= 4 is 20.2 Å². The van der Waals surface area contributed by atoms with Gasteiger partial charge in [-0.1, -0.05) is 40.5 Å². The van der Waals surface area contributed by atoms with Gasteiger partial charge in [0.1, 0.15) is 11.2 Å². The molecule has 2 saturated carbocycles. The molecule has 0 spiro atoms. The Kier molecular flexibility index (Phi) is 7.49. The van der Waals surface area contributed by atoms with E-state index in [1.807, 2.05) is 20.8 Å². The lowest BCUT2D eigenvalue weighted by atomic mass is 9.62. The monoisotopic (exact) mass is 453 g/mol. The summed E-state index contributed by atoms with van der Waals surface area (Å²) in [5.74, 6) is 0.676. The Labute approximate surface area is 191 Å². The smallest absolute Gasteiger partial charge is 0.407 e. The van der Waals surface area contributed by atoms with E-state index in [-0.39, 0.29) is 22.7 Å². The minimum Gasteiger partial charge on any atom is -0.444 e. The fourth-order valence-electron chi connectivity index (χ4n) is 5.94. The second-order valence-corrected chi connectivity index (χ2v) is 17.1. The van der Waals surface area contributed by atoms with Crippen LogP contribution in [0.5, 0.6) is 0 Å². The standard InChI is InChI=1S/C25H47NO4Si/c1-11-12-13-19(26-21(28)29-22(2,3)4)16-20(27)25(30-31(8,9)10)17-18-14-15-24(25,7)23(18,5)6/h18-19H,11-17H2,1-10H3,(H,26,28)/t18-,19-,24-,25-/m1/s1. The predicted molar refractivity (Wildman–Crippen MR) is 129 cm³/mol. The van der Waals surface area contributed by atoms with E-state index in [1.165, 1.54) is 6.42 Å². The van der Waals surface area contributed by atoms with E-state index < -0.39 is 25.6 Å². The van der Waals surface area contributed by atoms with Crippen LogP contribution in [0.25, 0.3) is 0 Å². The van der Waals surface area contributed by atoms with Crippen molar-refractivity contribution in [3.8, 4) is 0 Å². The van der Waals surface area contributed by atoms with Gasteiger partial charge in [0.25, 0.3) is 0 Å². The molecule has 2 fully saturated rings. The Morgan fingerprint density at radius 1 is 1.16 bits per heavy atom. The van der Waals surface area contributed by atoms with Crippen LogP contribution in [0.4, 0.5) is 4.79 Å². The lowest BCUT2D eigenvalue weighted by Gasteiger charge is -2.50. The largest absolute Gasteiger partial charge is 0.444 e. The number of hydrogen-bond acceptors (Lipinski definition) is 4. The van der Waals surface area contributed by atoms with Crippen LogP contribution in [0.3, 0.4) is 0 Å². The van der Waals surface area contributed by atoms with Gasteiger partial charge in [0, 0.05) is 17.9 Å². The van der Waals surface area contributed by atoms with Crippen molar-refractivity contribution in [2.75, 3.05) is 0 Å². The van der Waals surface area contributed by atoms with Gasteiger partial charge >= 0.3 is 6.09 Å². The van der Waals surface area contributed by atoms with E-state index >= 15 is 0 Å². The number of nitrogens with one attached hydrogen (secondary N) is 1. The van der Waals surface area contributed by atoms with E-state index in [0.29, 0.717) is 12.3 Å². The zero-order chi connectivity index (χ0) is 23.9. The normalized spacial score (nSPS) is 30.8. The van der Waals surface area contributed by atoms with E-state index in [4.69, 9.17) is 9.16 Å². The molecule has 2 bridgehead atoms. The molecule has 2 aliphatic carbocycles. The molecular weight excluding hydrogens is 406 g/mol. The summed E-state index contributed by atoms with van der Waals surface area (Å²) in [7, 11) is -1.98. The van der Waals surface area contributed by atoms with Crippen molar-refractivity contribution < 1.29 is 18.8 Å². The maximum Gasteiger partial charge on any atom is 0.407 e. The summed E-state index contributed by atoms with van der Waals surface area (Å²) in [4.78, 5) is 26.5. The highest BCUT2D eigenvalue weighted by molar-refractivity contribution is 6.70. The molecule has 0 aromatic carbocycles. The summed E-state index contributed by atoms with van der Waals surface area (Å²) in [6.45, 7) is 21.1. The Balaban J connectivity index is 2.30. The van der Waals surface area contributed by atoms with E-state index in [0.717, 1.165) is 32.1 Å². The molecule has 0 unspecified atom stereocenters. The summed E-state index contributed by atoms with van der Waals surface area (Å²) in [5.41, 5.74) is -1.42. The molecule has 0 saturated heterocycles. The van der Waals surface area contributed by atoms with Crippen LogP contribution >= 0.6 is 0 Å². The quantitative estimate of drug-likeness (QED) is 0.407. The van der Waals surface area contributed by atoms with Gasteiger partial charge in [-0.25, -0.2) is 4.79 Å². The molecule has 31 heavy (non-hydrogen) atoms. The number of rotatable bonds is 9. The third-order valence-electron chi connectivity index (χ3n) is 7.85. The van der Waals surface area contributed by atoms with Gasteiger partial charge in [0.15, 0.2) is 14.1 Å². The van der Waals surface area contributed by atoms with Crippen LogP contribution in [-0.2, 0) is 14.0 Å². The first-order chi connectivity index (χ1) is 14.0. The minimum atomic E-state index is -1.98. The van der Waals surface area contributed by atoms with Crippen molar-refractivity contribution in [2.45, 2.75) is 130 Å². The molecule has 180 valence electrons. The van der Waals surface area contributed by atoms with E-state index in [9.17, 15) is 9.59 Å². The number of carbonyl (C=O) groups is 2. The Hall–Kier alpha value is -0.883. The Morgan fingerprint density at radius 2 is 1.77 bits per heavy atom. The second-order valence-electron chi connectivity index (χ2n) is 12.6. The maximum absolute atomic E-state index is 14.1. The molecular formula is C25H47NO4Si. The van der Waals surface area contributed by atoms with Crippen molar-refractivity contribution in [2.24, 2.45) is 16.7 Å². The summed E-state index contributed by atoms with van der Waals surface area (Å²) in [6, 6.07) is -0.227. The van der Waals surface area contributed by atoms with Crippen molar-refractivity contribution in [1.82, 2.24) is 5.32 Å². The summed E-state index contributed by atoms with van der Waals surface area (Å²) in [5, 5.41) is 2.99. The number of fused-ring (bicyclic) bond motifs is 2. The van der Waals surface area contributed by atoms with Gasteiger partial charge in [-0.15, -0.1) is 0 Å². The Morgan fingerprint density at radius 3 is 2.19 bits per heavy atom. The highest BCUT2D eigenvalue weighted by atomic mass is 28.4. The van der Waals surface area contributed by atoms with E-state index in [1.54, 1.807) is 0 Å². The fourth-order valence-corrected chi connectivity index (χ4v) is 7.41. The molecule has 0 aliphatic heterocycles. The molecule has 0 aromatic rings.